The van der Waals surface area contributed by atoms with E-state index in [1.807, 2.05) is 25.1 Å². The SMILES string of the molecule is CCOC(=O)c1cccc(C)c1.Cl. The minimum atomic E-state index is -0.249. The molecule has 1 aromatic carbocycles. The van der Waals surface area contributed by atoms with Crippen molar-refractivity contribution in [3.8, 4) is 0 Å². The van der Waals surface area contributed by atoms with Crippen molar-refractivity contribution >= 4 is 18.4 Å². The average molecular weight is 201 g/mol. The first kappa shape index (κ1) is 12.0. The normalized spacial score (nSPS) is 8.77. The molecule has 0 radical (unpaired) electrons. The molecule has 1 aromatic rings. The van der Waals surface area contributed by atoms with E-state index in [0.717, 1.165) is 5.56 Å². The van der Waals surface area contributed by atoms with E-state index in [9.17, 15) is 4.79 Å². The van der Waals surface area contributed by atoms with E-state index in [0.29, 0.717) is 12.2 Å². The highest BCUT2D eigenvalue weighted by Gasteiger charge is 2.04. The fourth-order valence-corrected chi connectivity index (χ4v) is 0.986. The van der Waals surface area contributed by atoms with E-state index >= 15 is 0 Å². The number of carbonyl (C=O) groups excluding carboxylic acids is 1. The Bertz CT molecular complexity index is 284. The third-order valence-electron chi connectivity index (χ3n) is 1.53. The van der Waals surface area contributed by atoms with E-state index in [4.69, 9.17) is 4.74 Å². The maximum Gasteiger partial charge on any atom is 0.338 e. The number of ether oxygens (including phenoxy) is 1. The maximum absolute atomic E-state index is 11.2. The third-order valence-corrected chi connectivity index (χ3v) is 1.53. The zero-order chi connectivity index (χ0) is 8.97. The lowest BCUT2D eigenvalue weighted by Gasteiger charge is -2.01. The van der Waals surface area contributed by atoms with E-state index in [-0.39, 0.29) is 18.4 Å². The number of rotatable bonds is 2. The summed E-state index contributed by atoms with van der Waals surface area (Å²) in [5.41, 5.74) is 1.69. The summed E-state index contributed by atoms with van der Waals surface area (Å²) in [6.45, 7) is 4.17. The van der Waals surface area contributed by atoms with E-state index < -0.39 is 0 Å². The van der Waals surface area contributed by atoms with Crippen LogP contribution in [0.1, 0.15) is 22.8 Å². The van der Waals surface area contributed by atoms with E-state index in [1.54, 1.807) is 13.0 Å². The van der Waals surface area contributed by atoms with Crippen LogP contribution in [0, 0.1) is 6.92 Å². The van der Waals surface area contributed by atoms with Crippen LogP contribution in [0.3, 0.4) is 0 Å². The van der Waals surface area contributed by atoms with Gasteiger partial charge in [0.05, 0.1) is 12.2 Å². The number of aryl methyl sites for hydroxylation is 1. The zero-order valence-corrected chi connectivity index (χ0v) is 8.56. The smallest absolute Gasteiger partial charge is 0.338 e. The molecule has 0 aliphatic heterocycles. The van der Waals surface area contributed by atoms with E-state index in [1.165, 1.54) is 0 Å². The van der Waals surface area contributed by atoms with Gasteiger partial charge in [-0.05, 0) is 26.0 Å². The second-order valence-corrected chi connectivity index (χ2v) is 2.59. The molecule has 0 aliphatic carbocycles. The van der Waals surface area contributed by atoms with Gasteiger partial charge in [0.15, 0.2) is 0 Å². The molecule has 13 heavy (non-hydrogen) atoms. The Balaban J connectivity index is 0.00000144. The van der Waals surface area contributed by atoms with Crippen LogP contribution in [0.5, 0.6) is 0 Å². The largest absolute Gasteiger partial charge is 0.462 e. The lowest BCUT2D eigenvalue weighted by Crippen LogP contribution is -2.04. The zero-order valence-electron chi connectivity index (χ0n) is 7.74. The van der Waals surface area contributed by atoms with Gasteiger partial charge in [-0.3, -0.25) is 0 Å². The number of hydrogen-bond donors (Lipinski definition) is 0. The minimum Gasteiger partial charge on any atom is -0.462 e. The van der Waals surface area contributed by atoms with Crippen LogP contribution >= 0.6 is 12.4 Å². The predicted octanol–water partition coefficient (Wildman–Crippen LogP) is 2.59. The van der Waals surface area contributed by atoms with Gasteiger partial charge in [-0.1, -0.05) is 17.7 Å². The first-order valence-electron chi connectivity index (χ1n) is 3.98. The highest BCUT2D eigenvalue weighted by molar-refractivity contribution is 5.89. The summed E-state index contributed by atoms with van der Waals surface area (Å²) in [4.78, 5) is 11.2. The first-order chi connectivity index (χ1) is 5.74. The van der Waals surface area contributed by atoms with Crippen LogP contribution in [0.2, 0.25) is 0 Å². The topological polar surface area (TPSA) is 26.3 Å². The fourth-order valence-electron chi connectivity index (χ4n) is 0.986. The summed E-state index contributed by atoms with van der Waals surface area (Å²) in [7, 11) is 0. The van der Waals surface area contributed by atoms with Crippen LogP contribution in [0.25, 0.3) is 0 Å². The van der Waals surface area contributed by atoms with Gasteiger partial charge in [-0.15, -0.1) is 12.4 Å². The van der Waals surface area contributed by atoms with Gasteiger partial charge in [-0.2, -0.15) is 0 Å². The van der Waals surface area contributed by atoms with Gasteiger partial charge in [-0.25, -0.2) is 4.79 Å². The van der Waals surface area contributed by atoms with Gasteiger partial charge in [0.2, 0.25) is 0 Å². The second-order valence-electron chi connectivity index (χ2n) is 2.59. The highest BCUT2D eigenvalue weighted by Crippen LogP contribution is 2.05. The second kappa shape index (κ2) is 5.60. The third kappa shape index (κ3) is 3.47. The molecule has 0 saturated carbocycles. The quantitative estimate of drug-likeness (QED) is 0.686. The summed E-state index contributed by atoms with van der Waals surface area (Å²) < 4.78 is 4.84. The molecule has 0 amide bonds. The van der Waals surface area contributed by atoms with Crippen molar-refractivity contribution < 1.29 is 9.53 Å². The lowest BCUT2D eigenvalue weighted by molar-refractivity contribution is 0.0526. The lowest BCUT2D eigenvalue weighted by atomic mass is 10.1. The van der Waals surface area contributed by atoms with Crippen molar-refractivity contribution in [2.24, 2.45) is 0 Å². The molecule has 1 rings (SSSR count). The van der Waals surface area contributed by atoms with Gasteiger partial charge >= 0.3 is 5.97 Å². The van der Waals surface area contributed by atoms with Crippen LogP contribution < -0.4 is 0 Å². The first-order valence-corrected chi connectivity index (χ1v) is 3.98. The van der Waals surface area contributed by atoms with Crippen LogP contribution in [-0.4, -0.2) is 12.6 Å². The molecule has 0 fully saturated rings. The van der Waals surface area contributed by atoms with Crippen LogP contribution in [0.15, 0.2) is 24.3 Å². The number of hydrogen-bond acceptors (Lipinski definition) is 2. The highest BCUT2D eigenvalue weighted by atomic mass is 35.5. The Kier molecular flexibility index (Phi) is 5.16. The molecular formula is C10H13ClO2. The summed E-state index contributed by atoms with van der Waals surface area (Å²) in [5, 5.41) is 0. The Morgan fingerprint density at radius 3 is 2.69 bits per heavy atom. The monoisotopic (exact) mass is 200 g/mol. The van der Waals surface area contributed by atoms with Crippen molar-refractivity contribution in [2.75, 3.05) is 6.61 Å². The van der Waals surface area contributed by atoms with Crippen molar-refractivity contribution in [3.63, 3.8) is 0 Å². The molecule has 0 atom stereocenters. The molecule has 0 N–H and O–H groups in total. The van der Waals surface area contributed by atoms with Crippen molar-refractivity contribution in [1.29, 1.82) is 0 Å². The standard InChI is InChI=1S/C10H12O2.ClH/c1-3-12-10(11)9-6-4-5-8(2)7-9;/h4-7H,3H2,1-2H3;1H. The van der Waals surface area contributed by atoms with Crippen LogP contribution in [-0.2, 0) is 4.74 Å². The summed E-state index contributed by atoms with van der Waals surface area (Å²) in [6, 6.07) is 7.37. The summed E-state index contributed by atoms with van der Waals surface area (Å²) in [5.74, 6) is -0.249. The summed E-state index contributed by atoms with van der Waals surface area (Å²) >= 11 is 0. The minimum absolute atomic E-state index is 0. The Labute approximate surface area is 84.3 Å². The van der Waals surface area contributed by atoms with Crippen molar-refractivity contribution in [1.82, 2.24) is 0 Å². The molecule has 0 bridgehead atoms. The maximum atomic E-state index is 11.2. The van der Waals surface area contributed by atoms with Crippen molar-refractivity contribution in [2.45, 2.75) is 13.8 Å². The van der Waals surface area contributed by atoms with Crippen LogP contribution in [0.4, 0.5) is 0 Å². The molecule has 2 nitrogen and oxygen atoms in total. The van der Waals surface area contributed by atoms with E-state index in [2.05, 4.69) is 0 Å². The molecule has 0 unspecified atom stereocenters. The molecule has 0 saturated heterocycles. The molecule has 0 heterocycles. The number of esters is 1. The average Bonchev–Trinajstić information content (AvgIpc) is 2.05. The molecule has 3 heteroatoms. The Morgan fingerprint density at radius 1 is 1.46 bits per heavy atom. The van der Waals surface area contributed by atoms with Gasteiger partial charge < -0.3 is 4.74 Å². The molecular weight excluding hydrogens is 188 g/mol. The van der Waals surface area contributed by atoms with Gasteiger partial charge in [0, 0.05) is 0 Å². The Morgan fingerprint density at radius 2 is 2.15 bits per heavy atom. The van der Waals surface area contributed by atoms with Gasteiger partial charge in [0.25, 0.3) is 0 Å². The number of benzene rings is 1. The number of halogens is 1. The molecule has 72 valence electrons. The number of carbonyl (C=O) groups is 1. The predicted molar refractivity (Wildman–Crippen MR) is 54.4 cm³/mol. The Hall–Kier alpha value is -1.02. The van der Waals surface area contributed by atoms with Crippen molar-refractivity contribution in [3.05, 3.63) is 35.4 Å². The van der Waals surface area contributed by atoms with Gasteiger partial charge in [0.1, 0.15) is 0 Å². The fraction of sp³-hybridized carbons (Fsp3) is 0.300. The molecule has 0 aliphatic rings. The molecule has 0 spiro atoms. The molecule has 0 aromatic heterocycles. The summed E-state index contributed by atoms with van der Waals surface area (Å²) in [6.07, 6.45) is 0.